The van der Waals surface area contributed by atoms with Gasteiger partial charge in [-0.25, -0.2) is 9.97 Å². The molecule has 1 N–H and O–H groups in total. The fourth-order valence-electron chi connectivity index (χ4n) is 4.49. The molecule has 4 aromatic rings. The minimum atomic E-state index is 0.0351. The minimum absolute atomic E-state index is 0.0351. The van der Waals surface area contributed by atoms with E-state index in [0.29, 0.717) is 31.8 Å². The fourth-order valence-corrected chi connectivity index (χ4v) is 5.50. The number of nitrogens with zero attached hydrogens (tertiary/aromatic N) is 5. The molecule has 186 valence electrons. The van der Waals surface area contributed by atoms with Crippen LogP contribution in [-0.2, 0) is 16.1 Å². The number of thiophene rings is 1. The van der Waals surface area contributed by atoms with E-state index in [1.807, 2.05) is 41.6 Å². The first-order valence-corrected chi connectivity index (χ1v) is 13.3. The van der Waals surface area contributed by atoms with Crippen molar-refractivity contribution in [3.63, 3.8) is 0 Å². The summed E-state index contributed by atoms with van der Waals surface area (Å²) in [5.41, 5.74) is 2.89. The number of carbonyl (C=O) groups excluding carboxylic acids is 2. The lowest BCUT2D eigenvalue weighted by Crippen LogP contribution is -2.48. The van der Waals surface area contributed by atoms with Gasteiger partial charge >= 0.3 is 0 Å². The molecule has 0 radical (unpaired) electrons. The smallest absolute Gasteiger partial charge is 0.223 e. The number of fused-ring (bicyclic) bond motifs is 2. The zero-order chi connectivity index (χ0) is 24.9. The Morgan fingerprint density at radius 3 is 2.83 bits per heavy atom. The number of unbranched alkanes of at least 4 members (excludes halogenated alkanes) is 1. The van der Waals surface area contributed by atoms with E-state index in [9.17, 15) is 9.59 Å². The monoisotopic (exact) mass is 502 g/mol. The van der Waals surface area contributed by atoms with Crippen LogP contribution < -0.4 is 0 Å². The van der Waals surface area contributed by atoms with E-state index in [4.69, 9.17) is 4.98 Å². The third-order valence-corrected chi connectivity index (χ3v) is 7.54. The Labute approximate surface area is 214 Å². The summed E-state index contributed by atoms with van der Waals surface area (Å²) < 4.78 is 1.07. The largest absolute Gasteiger partial charge is 0.340 e. The summed E-state index contributed by atoms with van der Waals surface area (Å²) in [7, 11) is 0. The number of benzene rings is 1. The van der Waals surface area contributed by atoms with Crippen LogP contribution in [0.15, 0.2) is 48.8 Å². The lowest BCUT2D eigenvalue weighted by atomic mass is 10.1. The van der Waals surface area contributed by atoms with Crippen molar-refractivity contribution >= 4 is 44.1 Å². The van der Waals surface area contributed by atoms with Crippen LogP contribution >= 0.6 is 11.3 Å². The SMILES string of the molecule is CCC/C=C/C(=O)CCC(=O)N1CCN(Cc2cc3nc(-c4cccc5[nH]ncc45)ncc3s2)CC1. The van der Waals surface area contributed by atoms with Gasteiger partial charge in [-0.1, -0.05) is 31.6 Å². The molecule has 4 heterocycles. The van der Waals surface area contributed by atoms with E-state index in [-0.39, 0.29) is 11.7 Å². The molecule has 3 aromatic heterocycles. The standard InChI is InChI=1S/C27H30N6O2S/c1-2-3-4-6-19(34)9-10-26(35)33-13-11-32(12-14-33)18-20-15-24-25(36-20)17-28-27(30-24)21-7-5-8-23-22(21)16-29-31-23/h4-8,15-17H,2-3,9-14,18H2,1H3,(H,29,31)/b6-4+. The predicted octanol–water partition coefficient (Wildman–Crippen LogP) is 4.58. The minimum Gasteiger partial charge on any atom is -0.340 e. The highest BCUT2D eigenvalue weighted by Gasteiger charge is 2.22. The Bertz CT molecular complexity index is 1400. The second-order valence-electron chi connectivity index (χ2n) is 9.11. The van der Waals surface area contributed by atoms with Crippen molar-refractivity contribution in [2.24, 2.45) is 0 Å². The summed E-state index contributed by atoms with van der Waals surface area (Å²) in [6, 6.07) is 8.14. The molecule has 5 rings (SSSR count). The number of ketones is 1. The van der Waals surface area contributed by atoms with Gasteiger partial charge in [-0.3, -0.25) is 19.6 Å². The van der Waals surface area contributed by atoms with Crippen LogP contribution in [0, 0.1) is 0 Å². The first-order valence-electron chi connectivity index (χ1n) is 12.5. The molecule has 0 aliphatic carbocycles. The number of hydrogen-bond donors (Lipinski definition) is 1. The number of nitrogens with one attached hydrogen (secondary N) is 1. The van der Waals surface area contributed by atoms with E-state index < -0.39 is 0 Å². The van der Waals surface area contributed by atoms with Crippen molar-refractivity contribution in [2.75, 3.05) is 26.2 Å². The van der Waals surface area contributed by atoms with E-state index in [1.54, 1.807) is 17.4 Å². The molecule has 0 bridgehead atoms. The Morgan fingerprint density at radius 2 is 2.00 bits per heavy atom. The molecule has 0 saturated carbocycles. The molecule has 0 unspecified atom stereocenters. The van der Waals surface area contributed by atoms with Crippen molar-refractivity contribution in [1.82, 2.24) is 30.0 Å². The van der Waals surface area contributed by atoms with Gasteiger partial charge in [0.1, 0.15) is 0 Å². The number of carbonyl (C=O) groups is 2. The van der Waals surface area contributed by atoms with E-state index in [2.05, 4.69) is 33.1 Å². The molecule has 1 aliphatic heterocycles. The fraction of sp³-hybridized carbons (Fsp3) is 0.370. The molecule has 1 fully saturated rings. The van der Waals surface area contributed by atoms with Crippen LogP contribution in [0.2, 0.25) is 0 Å². The van der Waals surface area contributed by atoms with Gasteiger partial charge in [0.2, 0.25) is 5.91 Å². The number of piperazine rings is 1. The summed E-state index contributed by atoms with van der Waals surface area (Å²) in [5, 5.41) is 8.15. The average Bonchev–Trinajstić information content (AvgIpc) is 3.54. The van der Waals surface area contributed by atoms with E-state index in [1.165, 1.54) is 4.88 Å². The second kappa shape index (κ2) is 11.1. The third-order valence-electron chi connectivity index (χ3n) is 6.50. The molecule has 0 atom stereocenters. The number of H-pyrrole nitrogens is 1. The van der Waals surface area contributed by atoms with Crippen molar-refractivity contribution in [3.8, 4) is 11.4 Å². The molecule has 1 aromatic carbocycles. The molecular formula is C27H30N6O2S. The molecule has 9 heteroatoms. The third kappa shape index (κ3) is 5.52. The number of aromatic amines is 1. The van der Waals surface area contributed by atoms with E-state index in [0.717, 1.165) is 59.2 Å². The maximum absolute atomic E-state index is 12.5. The molecule has 1 saturated heterocycles. The van der Waals surface area contributed by atoms with Crippen LogP contribution in [0.5, 0.6) is 0 Å². The Kier molecular flexibility index (Phi) is 7.48. The van der Waals surface area contributed by atoms with Crippen molar-refractivity contribution in [1.29, 1.82) is 0 Å². The van der Waals surface area contributed by atoms with Gasteiger partial charge in [-0.05, 0) is 24.6 Å². The maximum Gasteiger partial charge on any atom is 0.223 e. The van der Waals surface area contributed by atoms with Gasteiger partial charge in [-0.15, -0.1) is 11.3 Å². The van der Waals surface area contributed by atoms with Crippen LogP contribution in [-0.4, -0.2) is 67.8 Å². The molecule has 1 aliphatic rings. The summed E-state index contributed by atoms with van der Waals surface area (Å²) >= 11 is 1.72. The normalized spacial score (nSPS) is 14.9. The molecule has 36 heavy (non-hydrogen) atoms. The highest BCUT2D eigenvalue weighted by Crippen LogP contribution is 2.29. The number of allylic oxidation sites excluding steroid dienone is 2. The van der Waals surface area contributed by atoms with Gasteiger partial charge in [0.05, 0.1) is 21.9 Å². The number of amides is 1. The molecule has 8 nitrogen and oxygen atoms in total. The maximum atomic E-state index is 12.5. The summed E-state index contributed by atoms with van der Waals surface area (Å²) in [6.07, 6.45) is 9.72. The lowest BCUT2D eigenvalue weighted by molar-refractivity contribution is -0.134. The molecule has 1 amide bonds. The number of hydrogen-bond acceptors (Lipinski definition) is 7. The van der Waals surface area contributed by atoms with Gasteiger partial charge < -0.3 is 4.90 Å². The summed E-state index contributed by atoms with van der Waals surface area (Å²) in [5.74, 6) is 0.808. The number of rotatable bonds is 9. The van der Waals surface area contributed by atoms with Crippen molar-refractivity contribution in [2.45, 2.75) is 39.2 Å². The van der Waals surface area contributed by atoms with Crippen molar-refractivity contribution in [3.05, 3.63) is 53.7 Å². The first-order chi connectivity index (χ1) is 17.6. The molecular weight excluding hydrogens is 472 g/mol. The van der Waals surface area contributed by atoms with E-state index >= 15 is 0 Å². The topological polar surface area (TPSA) is 95.1 Å². The van der Waals surface area contributed by atoms with Gasteiger partial charge in [0, 0.05) is 67.6 Å². The Balaban J connectivity index is 1.16. The Hall–Kier alpha value is -3.43. The van der Waals surface area contributed by atoms with Crippen LogP contribution in [0.25, 0.3) is 32.5 Å². The average molecular weight is 503 g/mol. The highest BCUT2D eigenvalue weighted by molar-refractivity contribution is 7.18. The zero-order valence-electron chi connectivity index (χ0n) is 20.4. The summed E-state index contributed by atoms with van der Waals surface area (Å²) in [6.45, 7) is 5.95. The number of aromatic nitrogens is 4. The molecule has 0 spiro atoms. The zero-order valence-corrected chi connectivity index (χ0v) is 21.3. The van der Waals surface area contributed by atoms with Gasteiger partial charge in [-0.2, -0.15) is 5.10 Å². The second-order valence-corrected chi connectivity index (χ2v) is 10.3. The van der Waals surface area contributed by atoms with Gasteiger partial charge in [0.15, 0.2) is 11.6 Å². The predicted molar refractivity (Wildman–Crippen MR) is 143 cm³/mol. The Morgan fingerprint density at radius 1 is 1.14 bits per heavy atom. The van der Waals surface area contributed by atoms with Crippen molar-refractivity contribution < 1.29 is 9.59 Å². The van der Waals surface area contributed by atoms with Crippen LogP contribution in [0.4, 0.5) is 0 Å². The van der Waals surface area contributed by atoms with Gasteiger partial charge in [0.25, 0.3) is 0 Å². The van der Waals surface area contributed by atoms with Crippen LogP contribution in [0.1, 0.15) is 37.5 Å². The summed E-state index contributed by atoms with van der Waals surface area (Å²) in [4.78, 5) is 39.4. The van der Waals surface area contributed by atoms with Crippen LogP contribution in [0.3, 0.4) is 0 Å². The quantitative estimate of drug-likeness (QED) is 0.337. The first kappa shape index (κ1) is 24.3. The highest BCUT2D eigenvalue weighted by atomic mass is 32.1. The lowest BCUT2D eigenvalue weighted by Gasteiger charge is -2.34.